The van der Waals surface area contributed by atoms with Gasteiger partial charge < -0.3 is 10.6 Å². The lowest BCUT2D eigenvalue weighted by Crippen LogP contribution is -2.38. The van der Waals surface area contributed by atoms with Crippen molar-refractivity contribution in [3.05, 3.63) is 35.9 Å². The molecule has 0 aliphatic heterocycles. The van der Waals surface area contributed by atoms with E-state index in [2.05, 4.69) is 27.8 Å². The number of aliphatic imine (C=N–C) groups is 1. The van der Waals surface area contributed by atoms with Crippen molar-refractivity contribution in [1.29, 1.82) is 0 Å². The summed E-state index contributed by atoms with van der Waals surface area (Å²) in [6, 6.07) is 10.2. The summed E-state index contributed by atoms with van der Waals surface area (Å²) in [6.45, 7) is 3.76. The van der Waals surface area contributed by atoms with Crippen LogP contribution in [-0.2, 0) is 16.3 Å². The van der Waals surface area contributed by atoms with Gasteiger partial charge in [-0.15, -0.1) is 0 Å². The van der Waals surface area contributed by atoms with Crippen molar-refractivity contribution in [2.24, 2.45) is 4.99 Å². The van der Waals surface area contributed by atoms with Gasteiger partial charge >= 0.3 is 0 Å². The molecule has 5 nitrogen and oxygen atoms in total. The zero-order valence-electron chi connectivity index (χ0n) is 12.1. The van der Waals surface area contributed by atoms with E-state index in [0.29, 0.717) is 5.96 Å². The predicted molar refractivity (Wildman–Crippen MR) is 83.8 cm³/mol. The normalized spacial score (nSPS) is 12.2. The SMILES string of the molecule is CCNC(=NCCS(C)(=O)=O)NCCc1ccccc1. The highest BCUT2D eigenvalue weighted by Gasteiger charge is 2.02. The van der Waals surface area contributed by atoms with E-state index >= 15 is 0 Å². The second-order valence-corrected chi connectivity index (χ2v) is 6.81. The third-order valence-electron chi connectivity index (χ3n) is 2.63. The maximum atomic E-state index is 11.1. The van der Waals surface area contributed by atoms with Gasteiger partial charge in [-0.3, -0.25) is 4.99 Å². The van der Waals surface area contributed by atoms with E-state index in [4.69, 9.17) is 0 Å². The predicted octanol–water partition coefficient (Wildman–Crippen LogP) is 0.829. The minimum atomic E-state index is -2.96. The van der Waals surface area contributed by atoms with Crippen LogP contribution in [-0.4, -0.2) is 46.0 Å². The molecule has 112 valence electrons. The van der Waals surface area contributed by atoms with E-state index in [0.717, 1.165) is 19.5 Å². The summed E-state index contributed by atoms with van der Waals surface area (Å²) in [7, 11) is -2.96. The first-order chi connectivity index (χ1) is 9.51. The molecule has 0 saturated heterocycles. The third kappa shape index (κ3) is 7.78. The van der Waals surface area contributed by atoms with Crippen LogP contribution in [0.3, 0.4) is 0 Å². The molecule has 0 bridgehead atoms. The van der Waals surface area contributed by atoms with Crippen LogP contribution in [0.1, 0.15) is 12.5 Å². The Hall–Kier alpha value is -1.56. The number of nitrogens with zero attached hydrogens (tertiary/aromatic N) is 1. The first-order valence-electron chi connectivity index (χ1n) is 6.75. The van der Waals surface area contributed by atoms with Gasteiger partial charge in [0.15, 0.2) is 5.96 Å². The lowest BCUT2D eigenvalue weighted by Gasteiger charge is -2.11. The Morgan fingerprint density at radius 1 is 1.20 bits per heavy atom. The van der Waals surface area contributed by atoms with Crippen LogP contribution < -0.4 is 10.6 Å². The number of guanidine groups is 1. The van der Waals surface area contributed by atoms with Crippen LogP contribution in [0.25, 0.3) is 0 Å². The van der Waals surface area contributed by atoms with Crippen LogP contribution in [0.5, 0.6) is 0 Å². The van der Waals surface area contributed by atoms with Gasteiger partial charge in [-0.1, -0.05) is 30.3 Å². The van der Waals surface area contributed by atoms with E-state index in [1.165, 1.54) is 11.8 Å². The van der Waals surface area contributed by atoms with Crippen molar-refractivity contribution >= 4 is 15.8 Å². The Balaban J connectivity index is 2.40. The van der Waals surface area contributed by atoms with Crippen LogP contribution in [0.2, 0.25) is 0 Å². The number of benzene rings is 1. The third-order valence-corrected chi connectivity index (χ3v) is 3.55. The fourth-order valence-corrected chi connectivity index (χ4v) is 2.06. The van der Waals surface area contributed by atoms with Gasteiger partial charge in [-0.05, 0) is 18.9 Å². The molecular formula is C14H23N3O2S. The van der Waals surface area contributed by atoms with Gasteiger partial charge in [-0.25, -0.2) is 8.42 Å². The average molecular weight is 297 g/mol. The van der Waals surface area contributed by atoms with Crippen molar-refractivity contribution in [3.8, 4) is 0 Å². The van der Waals surface area contributed by atoms with Gasteiger partial charge in [-0.2, -0.15) is 0 Å². The minimum absolute atomic E-state index is 0.0717. The van der Waals surface area contributed by atoms with E-state index < -0.39 is 9.84 Å². The van der Waals surface area contributed by atoms with Gasteiger partial charge in [0.05, 0.1) is 12.3 Å². The second kappa shape index (κ2) is 8.58. The highest BCUT2D eigenvalue weighted by molar-refractivity contribution is 7.90. The van der Waals surface area contributed by atoms with Crippen molar-refractivity contribution in [3.63, 3.8) is 0 Å². The number of sulfone groups is 1. The second-order valence-electron chi connectivity index (χ2n) is 4.55. The molecule has 0 aromatic heterocycles. The van der Waals surface area contributed by atoms with Crippen molar-refractivity contribution in [2.45, 2.75) is 13.3 Å². The Bertz CT molecular complexity index is 512. The van der Waals surface area contributed by atoms with E-state index in [1.807, 2.05) is 25.1 Å². The Labute approximate surface area is 121 Å². The molecule has 0 aliphatic carbocycles. The first kappa shape index (κ1) is 16.5. The Morgan fingerprint density at radius 3 is 2.50 bits per heavy atom. The lowest BCUT2D eigenvalue weighted by atomic mass is 10.1. The lowest BCUT2D eigenvalue weighted by molar-refractivity contribution is 0.601. The molecule has 0 radical (unpaired) electrons. The number of hydrogen-bond acceptors (Lipinski definition) is 3. The molecular weight excluding hydrogens is 274 g/mol. The maximum Gasteiger partial charge on any atom is 0.191 e. The Kier molecular flexibility index (Phi) is 7.08. The molecule has 1 rings (SSSR count). The zero-order chi connectivity index (χ0) is 14.8. The van der Waals surface area contributed by atoms with Gasteiger partial charge in [0.2, 0.25) is 0 Å². The summed E-state index contributed by atoms with van der Waals surface area (Å²) in [5.41, 5.74) is 1.26. The summed E-state index contributed by atoms with van der Waals surface area (Å²) in [5, 5.41) is 6.30. The highest BCUT2D eigenvalue weighted by Crippen LogP contribution is 1.98. The molecule has 6 heteroatoms. The summed E-state index contributed by atoms with van der Waals surface area (Å²) < 4.78 is 22.1. The van der Waals surface area contributed by atoms with Crippen LogP contribution in [0.4, 0.5) is 0 Å². The number of nitrogens with one attached hydrogen (secondary N) is 2. The molecule has 0 fully saturated rings. The van der Waals surface area contributed by atoms with Crippen LogP contribution >= 0.6 is 0 Å². The Morgan fingerprint density at radius 2 is 1.90 bits per heavy atom. The van der Waals surface area contributed by atoms with E-state index in [1.54, 1.807) is 0 Å². The standard InChI is InChI=1S/C14H23N3O2S/c1-3-15-14(17-11-12-20(2,18)19)16-10-9-13-7-5-4-6-8-13/h4-8H,3,9-12H2,1-2H3,(H2,15,16,17). The molecule has 0 spiro atoms. The maximum absolute atomic E-state index is 11.1. The summed E-state index contributed by atoms with van der Waals surface area (Å²) in [4.78, 5) is 4.25. The monoisotopic (exact) mass is 297 g/mol. The molecule has 0 heterocycles. The summed E-state index contributed by atoms with van der Waals surface area (Å²) >= 11 is 0. The molecule has 0 unspecified atom stereocenters. The molecule has 0 amide bonds. The van der Waals surface area contributed by atoms with E-state index in [9.17, 15) is 8.42 Å². The molecule has 2 N–H and O–H groups in total. The van der Waals surface area contributed by atoms with Crippen LogP contribution in [0.15, 0.2) is 35.3 Å². The van der Waals surface area contributed by atoms with Gasteiger partial charge in [0.25, 0.3) is 0 Å². The number of rotatable bonds is 7. The minimum Gasteiger partial charge on any atom is -0.357 e. The smallest absolute Gasteiger partial charge is 0.191 e. The van der Waals surface area contributed by atoms with Gasteiger partial charge in [0, 0.05) is 19.3 Å². The highest BCUT2D eigenvalue weighted by atomic mass is 32.2. The molecule has 0 saturated carbocycles. The van der Waals surface area contributed by atoms with E-state index in [-0.39, 0.29) is 12.3 Å². The molecule has 1 aromatic carbocycles. The van der Waals surface area contributed by atoms with Gasteiger partial charge in [0.1, 0.15) is 9.84 Å². The summed E-state index contributed by atoms with van der Waals surface area (Å²) in [6.07, 6.45) is 2.12. The molecule has 0 atom stereocenters. The number of hydrogen-bond donors (Lipinski definition) is 2. The summed E-state index contributed by atoms with van der Waals surface area (Å²) in [5.74, 6) is 0.731. The van der Waals surface area contributed by atoms with Crippen LogP contribution in [0, 0.1) is 0 Å². The average Bonchev–Trinajstić information content (AvgIpc) is 2.38. The molecule has 1 aromatic rings. The van der Waals surface area contributed by atoms with Crippen molar-refractivity contribution in [1.82, 2.24) is 10.6 Å². The first-order valence-corrected chi connectivity index (χ1v) is 8.81. The largest absolute Gasteiger partial charge is 0.357 e. The zero-order valence-corrected chi connectivity index (χ0v) is 12.9. The van der Waals surface area contributed by atoms with Crippen molar-refractivity contribution in [2.75, 3.05) is 31.6 Å². The van der Waals surface area contributed by atoms with Crippen molar-refractivity contribution < 1.29 is 8.42 Å². The molecule has 0 aliphatic rings. The molecule has 20 heavy (non-hydrogen) atoms. The topological polar surface area (TPSA) is 70.6 Å². The fraction of sp³-hybridized carbons (Fsp3) is 0.500. The fourth-order valence-electron chi connectivity index (χ4n) is 1.63. The quantitative estimate of drug-likeness (QED) is 0.578.